The van der Waals surface area contributed by atoms with Crippen LogP contribution in [0.3, 0.4) is 0 Å². The fourth-order valence-corrected chi connectivity index (χ4v) is 1.49. The first-order valence-corrected chi connectivity index (χ1v) is 5.61. The number of nitrogens with two attached hydrogens (primary N) is 1. The van der Waals surface area contributed by atoms with Gasteiger partial charge in [-0.05, 0) is 32.0 Å². The van der Waals surface area contributed by atoms with E-state index in [9.17, 15) is 4.79 Å². The quantitative estimate of drug-likeness (QED) is 0.777. The van der Waals surface area contributed by atoms with Gasteiger partial charge in [0.15, 0.2) is 5.78 Å². The van der Waals surface area contributed by atoms with E-state index in [1.165, 1.54) is 0 Å². The summed E-state index contributed by atoms with van der Waals surface area (Å²) >= 11 is 0. The molecule has 0 amide bonds. The van der Waals surface area contributed by atoms with Crippen LogP contribution in [-0.2, 0) is 6.54 Å². The fourth-order valence-electron chi connectivity index (χ4n) is 1.49. The molecule has 0 atom stereocenters. The Balaban J connectivity index is 3.01. The van der Waals surface area contributed by atoms with Gasteiger partial charge in [-0.1, -0.05) is 6.92 Å². The van der Waals surface area contributed by atoms with E-state index in [1.54, 1.807) is 6.07 Å². The van der Waals surface area contributed by atoms with E-state index in [4.69, 9.17) is 10.5 Å². The van der Waals surface area contributed by atoms with Crippen molar-refractivity contribution in [1.82, 2.24) is 0 Å². The number of benzene rings is 1. The second-order valence-corrected chi connectivity index (χ2v) is 3.97. The van der Waals surface area contributed by atoms with Gasteiger partial charge in [0.1, 0.15) is 5.75 Å². The molecule has 2 N–H and O–H groups in total. The van der Waals surface area contributed by atoms with Gasteiger partial charge in [0, 0.05) is 24.1 Å². The molecular weight excluding hydrogens is 202 g/mol. The standard InChI is InChI=1S/C13H19NO2/c1-4-12(15)10-5-6-13(16-9(2)3)11(7-10)8-14/h5-7,9H,4,8,14H2,1-3H3. The summed E-state index contributed by atoms with van der Waals surface area (Å²) < 4.78 is 5.61. The first kappa shape index (κ1) is 12.7. The summed E-state index contributed by atoms with van der Waals surface area (Å²) in [5, 5.41) is 0. The summed E-state index contributed by atoms with van der Waals surface area (Å²) in [4.78, 5) is 11.5. The van der Waals surface area contributed by atoms with Crippen molar-refractivity contribution < 1.29 is 9.53 Å². The van der Waals surface area contributed by atoms with Crippen LogP contribution in [0.5, 0.6) is 5.75 Å². The zero-order valence-electron chi connectivity index (χ0n) is 10.1. The highest BCUT2D eigenvalue weighted by atomic mass is 16.5. The first-order chi connectivity index (χ1) is 7.58. The van der Waals surface area contributed by atoms with Crippen molar-refractivity contribution in [3.63, 3.8) is 0 Å². The lowest BCUT2D eigenvalue weighted by Gasteiger charge is -2.14. The molecule has 0 saturated carbocycles. The maximum absolute atomic E-state index is 11.5. The number of hydrogen-bond donors (Lipinski definition) is 1. The van der Waals surface area contributed by atoms with Crippen molar-refractivity contribution in [1.29, 1.82) is 0 Å². The minimum absolute atomic E-state index is 0.109. The van der Waals surface area contributed by atoms with Crippen LogP contribution in [0, 0.1) is 0 Å². The van der Waals surface area contributed by atoms with E-state index in [2.05, 4.69) is 0 Å². The van der Waals surface area contributed by atoms with E-state index < -0.39 is 0 Å². The molecule has 0 aromatic heterocycles. The van der Waals surface area contributed by atoms with Crippen LogP contribution in [0.1, 0.15) is 43.1 Å². The van der Waals surface area contributed by atoms with Gasteiger partial charge in [0.25, 0.3) is 0 Å². The highest BCUT2D eigenvalue weighted by molar-refractivity contribution is 5.96. The molecule has 0 bridgehead atoms. The van der Waals surface area contributed by atoms with E-state index in [0.29, 0.717) is 18.5 Å². The molecule has 3 heteroatoms. The monoisotopic (exact) mass is 221 g/mol. The minimum Gasteiger partial charge on any atom is -0.491 e. The molecule has 0 unspecified atom stereocenters. The Hall–Kier alpha value is -1.35. The number of hydrogen-bond acceptors (Lipinski definition) is 3. The Bertz CT molecular complexity index is 372. The van der Waals surface area contributed by atoms with Crippen LogP contribution in [0.25, 0.3) is 0 Å². The van der Waals surface area contributed by atoms with Crippen LogP contribution in [0.15, 0.2) is 18.2 Å². The highest BCUT2D eigenvalue weighted by Gasteiger charge is 2.09. The summed E-state index contributed by atoms with van der Waals surface area (Å²) in [5.74, 6) is 0.899. The summed E-state index contributed by atoms with van der Waals surface area (Å²) in [6, 6.07) is 5.44. The summed E-state index contributed by atoms with van der Waals surface area (Å²) in [6.07, 6.45) is 0.618. The highest BCUT2D eigenvalue weighted by Crippen LogP contribution is 2.21. The van der Waals surface area contributed by atoms with Gasteiger partial charge >= 0.3 is 0 Å². The average molecular weight is 221 g/mol. The number of ether oxygens (including phenoxy) is 1. The maximum atomic E-state index is 11.5. The molecule has 1 rings (SSSR count). The molecule has 0 fully saturated rings. The molecule has 3 nitrogen and oxygen atoms in total. The molecule has 0 aliphatic heterocycles. The largest absolute Gasteiger partial charge is 0.491 e. The second-order valence-electron chi connectivity index (χ2n) is 3.97. The zero-order chi connectivity index (χ0) is 12.1. The Morgan fingerprint density at radius 1 is 1.44 bits per heavy atom. The van der Waals surface area contributed by atoms with Gasteiger partial charge in [0.2, 0.25) is 0 Å². The van der Waals surface area contributed by atoms with E-state index in [-0.39, 0.29) is 11.9 Å². The van der Waals surface area contributed by atoms with Crippen molar-refractivity contribution in [2.75, 3.05) is 0 Å². The second kappa shape index (κ2) is 5.66. The number of rotatable bonds is 5. The molecule has 88 valence electrons. The SMILES string of the molecule is CCC(=O)c1ccc(OC(C)C)c(CN)c1. The third kappa shape index (κ3) is 3.07. The van der Waals surface area contributed by atoms with E-state index in [1.807, 2.05) is 32.9 Å². The van der Waals surface area contributed by atoms with E-state index >= 15 is 0 Å². The van der Waals surface area contributed by atoms with Crippen molar-refractivity contribution in [2.45, 2.75) is 39.8 Å². The van der Waals surface area contributed by atoms with E-state index in [0.717, 1.165) is 11.3 Å². The zero-order valence-corrected chi connectivity index (χ0v) is 10.1. The van der Waals surface area contributed by atoms with Crippen molar-refractivity contribution >= 4 is 5.78 Å². The molecule has 0 radical (unpaired) electrons. The summed E-state index contributed by atoms with van der Waals surface area (Å²) in [6.45, 7) is 6.16. The normalized spacial score (nSPS) is 10.6. The lowest BCUT2D eigenvalue weighted by atomic mass is 10.0. The third-order valence-electron chi connectivity index (χ3n) is 2.29. The molecule has 16 heavy (non-hydrogen) atoms. The van der Waals surface area contributed by atoms with Crippen molar-refractivity contribution in [3.8, 4) is 5.75 Å². The van der Waals surface area contributed by atoms with Crippen LogP contribution >= 0.6 is 0 Å². The van der Waals surface area contributed by atoms with Crippen LogP contribution in [0.4, 0.5) is 0 Å². The third-order valence-corrected chi connectivity index (χ3v) is 2.29. The number of Topliss-reactive ketones (excluding diaryl/α,β-unsaturated/α-hetero) is 1. The Labute approximate surface area is 96.6 Å². The Morgan fingerprint density at radius 2 is 2.12 bits per heavy atom. The molecule has 1 aromatic carbocycles. The van der Waals surface area contributed by atoms with Gasteiger partial charge in [-0.3, -0.25) is 4.79 Å². The summed E-state index contributed by atoms with van der Waals surface area (Å²) in [7, 11) is 0. The van der Waals surface area contributed by atoms with Gasteiger partial charge in [-0.15, -0.1) is 0 Å². The van der Waals surface area contributed by atoms with Crippen LogP contribution < -0.4 is 10.5 Å². The Morgan fingerprint density at radius 3 is 2.62 bits per heavy atom. The van der Waals surface area contributed by atoms with Gasteiger partial charge in [-0.2, -0.15) is 0 Å². The lowest BCUT2D eigenvalue weighted by molar-refractivity contribution is 0.0988. The maximum Gasteiger partial charge on any atom is 0.162 e. The smallest absolute Gasteiger partial charge is 0.162 e. The Kier molecular flexibility index (Phi) is 4.50. The van der Waals surface area contributed by atoms with Crippen molar-refractivity contribution in [3.05, 3.63) is 29.3 Å². The van der Waals surface area contributed by atoms with Crippen molar-refractivity contribution in [2.24, 2.45) is 5.73 Å². The minimum atomic E-state index is 0.109. The lowest BCUT2D eigenvalue weighted by Crippen LogP contribution is -2.10. The van der Waals surface area contributed by atoms with Crippen LogP contribution in [0.2, 0.25) is 0 Å². The molecular formula is C13H19NO2. The number of carbonyl (C=O) groups excluding carboxylic acids is 1. The average Bonchev–Trinajstić information content (AvgIpc) is 2.27. The summed E-state index contributed by atoms with van der Waals surface area (Å²) in [5.41, 5.74) is 7.24. The van der Waals surface area contributed by atoms with Crippen LogP contribution in [-0.4, -0.2) is 11.9 Å². The number of ketones is 1. The first-order valence-electron chi connectivity index (χ1n) is 5.61. The predicted octanol–water partition coefficient (Wildman–Crippen LogP) is 2.53. The predicted molar refractivity (Wildman–Crippen MR) is 64.7 cm³/mol. The molecule has 0 spiro atoms. The van der Waals surface area contributed by atoms with Gasteiger partial charge in [0.05, 0.1) is 6.10 Å². The topological polar surface area (TPSA) is 52.3 Å². The molecule has 0 aliphatic rings. The van der Waals surface area contributed by atoms with Gasteiger partial charge in [-0.25, -0.2) is 0 Å². The van der Waals surface area contributed by atoms with Gasteiger partial charge < -0.3 is 10.5 Å². The molecule has 1 aromatic rings. The molecule has 0 heterocycles. The number of carbonyl (C=O) groups is 1. The fraction of sp³-hybridized carbons (Fsp3) is 0.462. The molecule has 0 aliphatic carbocycles. The molecule has 0 saturated heterocycles.